The summed E-state index contributed by atoms with van der Waals surface area (Å²) in [6.07, 6.45) is 6.52. The van der Waals surface area contributed by atoms with Gasteiger partial charge >= 0.3 is 0 Å². The maximum atomic E-state index is 2.31. The van der Waals surface area contributed by atoms with Crippen LogP contribution in [0.5, 0.6) is 0 Å². The molecular formula is C13H18. The van der Waals surface area contributed by atoms with Crippen LogP contribution in [0.15, 0.2) is 24.3 Å². The van der Waals surface area contributed by atoms with E-state index < -0.39 is 0 Å². The summed E-state index contributed by atoms with van der Waals surface area (Å²) < 4.78 is 0. The van der Waals surface area contributed by atoms with Gasteiger partial charge in [-0.1, -0.05) is 44.2 Å². The van der Waals surface area contributed by atoms with Crippen LogP contribution in [-0.4, -0.2) is 0 Å². The molecule has 0 nitrogen and oxygen atoms in total. The van der Waals surface area contributed by atoms with Crippen molar-refractivity contribution in [1.82, 2.24) is 0 Å². The molecular weight excluding hydrogens is 156 g/mol. The Morgan fingerprint density at radius 2 is 1.92 bits per heavy atom. The molecule has 13 heavy (non-hydrogen) atoms. The van der Waals surface area contributed by atoms with E-state index in [9.17, 15) is 0 Å². The monoisotopic (exact) mass is 174 g/mol. The molecule has 0 aliphatic rings. The van der Waals surface area contributed by atoms with E-state index in [1.807, 2.05) is 0 Å². The zero-order valence-electron chi connectivity index (χ0n) is 8.80. The van der Waals surface area contributed by atoms with Crippen molar-refractivity contribution in [3.05, 3.63) is 41.0 Å². The molecule has 0 aliphatic heterocycles. The molecule has 0 heterocycles. The van der Waals surface area contributed by atoms with Crippen molar-refractivity contribution in [2.45, 2.75) is 33.6 Å². The van der Waals surface area contributed by atoms with Gasteiger partial charge in [-0.15, -0.1) is 0 Å². The summed E-state index contributed by atoms with van der Waals surface area (Å²) in [6.45, 7) is 6.47. The van der Waals surface area contributed by atoms with E-state index in [-0.39, 0.29) is 0 Å². The lowest BCUT2D eigenvalue weighted by atomic mass is 10.0. The molecule has 0 fully saturated rings. The zero-order chi connectivity index (χ0) is 9.68. The predicted molar refractivity (Wildman–Crippen MR) is 59.9 cm³/mol. The van der Waals surface area contributed by atoms with Gasteiger partial charge in [0.2, 0.25) is 0 Å². The van der Waals surface area contributed by atoms with Crippen molar-refractivity contribution in [2.24, 2.45) is 0 Å². The molecule has 0 spiro atoms. The third-order valence-electron chi connectivity index (χ3n) is 2.34. The second kappa shape index (κ2) is 4.86. The number of benzene rings is 1. The first kappa shape index (κ1) is 10.0. The van der Waals surface area contributed by atoms with Crippen LogP contribution in [0.2, 0.25) is 0 Å². The number of rotatable bonds is 3. The Hall–Kier alpha value is -1.04. The van der Waals surface area contributed by atoms with Crippen LogP contribution >= 0.6 is 0 Å². The first-order valence-corrected chi connectivity index (χ1v) is 5.06. The molecule has 1 rings (SSSR count). The smallest absolute Gasteiger partial charge is 0.0228 e. The average molecular weight is 174 g/mol. The molecule has 70 valence electrons. The SMILES string of the molecule is CC=Cc1ccc(CC)cc1CC. The minimum atomic E-state index is 1.12. The highest BCUT2D eigenvalue weighted by molar-refractivity contribution is 5.54. The quantitative estimate of drug-likeness (QED) is 0.653. The van der Waals surface area contributed by atoms with E-state index in [2.05, 4.69) is 51.1 Å². The van der Waals surface area contributed by atoms with Crippen LogP contribution in [0.1, 0.15) is 37.5 Å². The second-order valence-electron chi connectivity index (χ2n) is 3.24. The van der Waals surface area contributed by atoms with E-state index >= 15 is 0 Å². The van der Waals surface area contributed by atoms with Gasteiger partial charge in [0.25, 0.3) is 0 Å². The summed E-state index contributed by atoms with van der Waals surface area (Å²) >= 11 is 0. The van der Waals surface area contributed by atoms with Crippen molar-refractivity contribution < 1.29 is 0 Å². The normalized spacial score (nSPS) is 11.0. The van der Waals surface area contributed by atoms with Crippen LogP contribution in [0.4, 0.5) is 0 Å². The number of hydrogen-bond donors (Lipinski definition) is 0. The summed E-state index contributed by atoms with van der Waals surface area (Å²) in [5.74, 6) is 0. The Kier molecular flexibility index (Phi) is 3.75. The van der Waals surface area contributed by atoms with Crippen LogP contribution in [0.25, 0.3) is 6.08 Å². The summed E-state index contributed by atoms with van der Waals surface area (Å²) in [5.41, 5.74) is 4.25. The van der Waals surface area contributed by atoms with Crippen LogP contribution in [0, 0.1) is 0 Å². The molecule has 1 aromatic rings. The van der Waals surface area contributed by atoms with E-state index in [0.717, 1.165) is 12.8 Å². The van der Waals surface area contributed by atoms with Gasteiger partial charge in [-0.25, -0.2) is 0 Å². The molecule has 0 heteroatoms. The van der Waals surface area contributed by atoms with E-state index in [1.165, 1.54) is 16.7 Å². The average Bonchev–Trinajstić information content (AvgIpc) is 2.19. The largest absolute Gasteiger partial charge is 0.0871 e. The summed E-state index contributed by atoms with van der Waals surface area (Å²) in [5, 5.41) is 0. The lowest BCUT2D eigenvalue weighted by Crippen LogP contribution is -1.89. The van der Waals surface area contributed by atoms with E-state index in [0.29, 0.717) is 0 Å². The molecule has 1 aromatic carbocycles. The highest BCUT2D eigenvalue weighted by atomic mass is 14.0. The van der Waals surface area contributed by atoms with Crippen molar-refractivity contribution in [1.29, 1.82) is 0 Å². The molecule has 0 bridgehead atoms. The molecule has 0 amide bonds. The van der Waals surface area contributed by atoms with Gasteiger partial charge < -0.3 is 0 Å². The molecule has 0 aliphatic carbocycles. The highest BCUT2D eigenvalue weighted by Gasteiger charge is 1.97. The number of hydrogen-bond acceptors (Lipinski definition) is 0. The fourth-order valence-corrected chi connectivity index (χ4v) is 1.53. The van der Waals surface area contributed by atoms with Crippen molar-refractivity contribution in [3.63, 3.8) is 0 Å². The zero-order valence-corrected chi connectivity index (χ0v) is 8.80. The van der Waals surface area contributed by atoms with Gasteiger partial charge in [-0.3, -0.25) is 0 Å². The van der Waals surface area contributed by atoms with Gasteiger partial charge in [-0.05, 0) is 36.5 Å². The Bertz CT molecular complexity index is 295. The predicted octanol–water partition coefficient (Wildman–Crippen LogP) is 3.84. The Labute approximate surface area is 81.3 Å². The molecule has 0 saturated heterocycles. The molecule has 0 unspecified atom stereocenters. The van der Waals surface area contributed by atoms with Gasteiger partial charge in [0.1, 0.15) is 0 Å². The Morgan fingerprint density at radius 3 is 2.46 bits per heavy atom. The molecule has 0 N–H and O–H groups in total. The molecule has 0 radical (unpaired) electrons. The van der Waals surface area contributed by atoms with Crippen LogP contribution in [0.3, 0.4) is 0 Å². The Balaban J connectivity index is 3.07. The van der Waals surface area contributed by atoms with Crippen molar-refractivity contribution in [2.75, 3.05) is 0 Å². The second-order valence-corrected chi connectivity index (χ2v) is 3.24. The summed E-state index contributed by atoms with van der Waals surface area (Å²) in [6, 6.07) is 6.75. The van der Waals surface area contributed by atoms with E-state index in [1.54, 1.807) is 0 Å². The highest BCUT2D eigenvalue weighted by Crippen LogP contribution is 2.14. The Morgan fingerprint density at radius 1 is 1.15 bits per heavy atom. The minimum Gasteiger partial charge on any atom is -0.0871 e. The molecule has 0 aromatic heterocycles. The van der Waals surface area contributed by atoms with Crippen LogP contribution < -0.4 is 0 Å². The van der Waals surface area contributed by atoms with Gasteiger partial charge in [0, 0.05) is 0 Å². The third-order valence-corrected chi connectivity index (χ3v) is 2.34. The summed E-state index contributed by atoms with van der Waals surface area (Å²) in [4.78, 5) is 0. The first-order chi connectivity index (χ1) is 6.31. The fourth-order valence-electron chi connectivity index (χ4n) is 1.53. The van der Waals surface area contributed by atoms with Gasteiger partial charge in [0.05, 0.1) is 0 Å². The summed E-state index contributed by atoms with van der Waals surface area (Å²) in [7, 11) is 0. The fraction of sp³-hybridized carbons (Fsp3) is 0.385. The topological polar surface area (TPSA) is 0 Å². The first-order valence-electron chi connectivity index (χ1n) is 5.06. The van der Waals surface area contributed by atoms with Crippen LogP contribution in [-0.2, 0) is 12.8 Å². The third kappa shape index (κ3) is 2.45. The van der Waals surface area contributed by atoms with E-state index in [4.69, 9.17) is 0 Å². The maximum absolute atomic E-state index is 2.31. The van der Waals surface area contributed by atoms with Crippen molar-refractivity contribution in [3.8, 4) is 0 Å². The lowest BCUT2D eigenvalue weighted by Gasteiger charge is -2.05. The van der Waals surface area contributed by atoms with Gasteiger partial charge in [0.15, 0.2) is 0 Å². The van der Waals surface area contributed by atoms with Gasteiger partial charge in [-0.2, -0.15) is 0 Å². The minimum absolute atomic E-state index is 1.12. The number of allylic oxidation sites excluding steroid dienone is 1. The maximum Gasteiger partial charge on any atom is -0.0228 e. The standard InChI is InChI=1S/C13H18/c1-4-7-13-9-8-11(5-2)10-12(13)6-3/h4,7-10H,5-6H2,1-3H3. The molecule has 0 saturated carbocycles. The number of aryl methyl sites for hydroxylation is 2. The molecule has 0 atom stereocenters. The van der Waals surface area contributed by atoms with Crippen molar-refractivity contribution >= 4 is 6.08 Å². The lowest BCUT2D eigenvalue weighted by molar-refractivity contribution is 1.08.